The minimum absolute atomic E-state index is 0.177. The Morgan fingerprint density at radius 2 is 1.87 bits per heavy atom. The van der Waals surface area contributed by atoms with Crippen LogP contribution in [-0.2, 0) is 0 Å². The van der Waals surface area contributed by atoms with E-state index in [2.05, 4.69) is 15.6 Å². The average Bonchev–Trinajstić information content (AvgIpc) is 2.73. The summed E-state index contributed by atoms with van der Waals surface area (Å²) < 4.78 is 5.76. The first-order chi connectivity index (χ1) is 14.8. The van der Waals surface area contributed by atoms with Crippen LogP contribution in [0.5, 0.6) is 5.75 Å². The molecule has 7 nitrogen and oxygen atoms in total. The molecule has 0 aliphatic carbocycles. The van der Waals surface area contributed by atoms with Gasteiger partial charge >= 0.3 is 5.97 Å². The van der Waals surface area contributed by atoms with Gasteiger partial charge < -0.3 is 15.2 Å². The number of aromatic nitrogens is 1. The number of halogens is 2. The number of pyridine rings is 1. The molecule has 0 bridgehead atoms. The lowest BCUT2D eigenvalue weighted by atomic mass is 10.1. The maximum absolute atomic E-state index is 12.1. The van der Waals surface area contributed by atoms with Crippen molar-refractivity contribution in [3.63, 3.8) is 0 Å². The number of ether oxygens (including phenoxy) is 1. The SMILES string of the molecule is O=C(NC(=S)NCCCOc1cc(C(=O)O)nc2cc(Cl)cc(Cl)c12)c1ccccc1. The number of nitrogens with zero attached hydrogens (tertiary/aromatic N) is 1. The predicted octanol–water partition coefficient (Wildman–Crippen LogP) is 4.31. The summed E-state index contributed by atoms with van der Waals surface area (Å²) in [4.78, 5) is 27.5. The molecule has 0 atom stereocenters. The Balaban J connectivity index is 1.56. The smallest absolute Gasteiger partial charge is 0.354 e. The molecule has 0 radical (unpaired) electrons. The van der Waals surface area contributed by atoms with E-state index in [9.17, 15) is 14.7 Å². The molecule has 0 spiro atoms. The molecular formula is C21H17Cl2N3O4S. The fourth-order valence-electron chi connectivity index (χ4n) is 2.74. The lowest BCUT2D eigenvalue weighted by Gasteiger charge is -2.13. The maximum atomic E-state index is 12.1. The summed E-state index contributed by atoms with van der Waals surface area (Å²) >= 11 is 17.4. The molecule has 1 heterocycles. The van der Waals surface area contributed by atoms with Crippen molar-refractivity contribution in [3.05, 3.63) is 69.8 Å². The van der Waals surface area contributed by atoms with Gasteiger partial charge in [0, 0.05) is 23.2 Å². The van der Waals surface area contributed by atoms with Gasteiger partial charge in [0.15, 0.2) is 10.8 Å². The number of nitrogens with one attached hydrogen (secondary N) is 2. The van der Waals surface area contributed by atoms with E-state index in [0.29, 0.717) is 45.2 Å². The highest BCUT2D eigenvalue weighted by Gasteiger charge is 2.15. The third-order valence-electron chi connectivity index (χ3n) is 4.14. The molecular weight excluding hydrogens is 461 g/mol. The quantitative estimate of drug-likeness (QED) is 0.344. The second-order valence-corrected chi connectivity index (χ2v) is 7.62. The van der Waals surface area contributed by atoms with E-state index in [-0.39, 0.29) is 23.3 Å². The van der Waals surface area contributed by atoms with Crippen molar-refractivity contribution in [1.29, 1.82) is 0 Å². The van der Waals surface area contributed by atoms with Gasteiger partial charge in [-0.15, -0.1) is 0 Å². The zero-order valence-electron chi connectivity index (χ0n) is 16.0. The molecule has 3 rings (SSSR count). The van der Waals surface area contributed by atoms with Gasteiger partial charge in [0.25, 0.3) is 5.91 Å². The van der Waals surface area contributed by atoms with Gasteiger partial charge in [-0.25, -0.2) is 9.78 Å². The number of rotatable bonds is 7. The van der Waals surface area contributed by atoms with Gasteiger partial charge in [-0.2, -0.15) is 0 Å². The van der Waals surface area contributed by atoms with Gasteiger partial charge in [0.2, 0.25) is 0 Å². The second-order valence-electron chi connectivity index (χ2n) is 6.37. The minimum Gasteiger partial charge on any atom is -0.493 e. The van der Waals surface area contributed by atoms with Crippen molar-refractivity contribution in [2.75, 3.05) is 13.2 Å². The Hall–Kier alpha value is -2.94. The number of hydrogen-bond acceptors (Lipinski definition) is 5. The third-order valence-corrected chi connectivity index (χ3v) is 4.90. The summed E-state index contributed by atoms with van der Waals surface area (Å²) in [7, 11) is 0. The fourth-order valence-corrected chi connectivity index (χ4v) is 3.51. The molecule has 3 N–H and O–H groups in total. The number of benzene rings is 2. The molecule has 31 heavy (non-hydrogen) atoms. The Kier molecular flexibility index (Phi) is 7.62. The van der Waals surface area contributed by atoms with Crippen LogP contribution >= 0.6 is 35.4 Å². The summed E-state index contributed by atoms with van der Waals surface area (Å²) in [5.41, 5.74) is 0.657. The van der Waals surface area contributed by atoms with E-state index < -0.39 is 5.97 Å². The number of thiocarbonyl (C=S) groups is 1. The zero-order chi connectivity index (χ0) is 22.4. The van der Waals surface area contributed by atoms with Crippen LogP contribution in [-0.4, -0.2) is 40.2 Å². The molecule has 10 heteroatoms. The summed E-state index contributed by atoms with van der Waals surface area (Å²) in [6.07, 6.45) is 0.527. The van der Waals surface area contributed by atoms with Crippen molar-refractivity contribution in [2.24, 2.45) is 0 Å². The van der Waals surface area contributed by atoms with E-state index in [0.717, 1.165) is 0 Å². The van der Waals surface area contributed by atoms with E-state index >= 15 is 0 Å². The normalized spacial score (nSPS) is 10.5. The topological polar surface area (TPSA) is 101 Å². The number of hydrogen-bond donors (Lipinski definition) is 3. The average molecular weight is 478 g/mol. The molecule has 2 aromatic carbocycles. The number of aromatic carboxylic acids is 1. The first kappa shape index (κ1) is 22.7. The molecule has 0 unspecified atom stereocenters. The Bertz CT molecular complexity index is 1140. The summed E-state index contributed by atoms with van der Waals surface area (Å²) in [6.45, 7) is 0.682. The lowest BCUT2D eigenvalue weighted by Crippen LogP contribution is -2.39. The van der Waals surface area contributed by atoms with E-state index in [1.165, 1.54) is 18.2 Å². The van der Waals surface area contributed by atoms with Crippen LogP contribution in [0.25, 0.3) is 10.9 Å². The molecule has 0 aliphatic heterocycles. The first-order valence-electron chi connectivity index (χ1n) is 9.15. The Labute approximate surface area is 193 Å². The molecule has 0 saturated carbocycles. The Morgan fingerprint density at radius 3 is 2.58 bits per heavy atom. The van der Waals surface area contributed by atoms with Crippen molar-refractivity contribution >= 4 is 63.3 Å². The molecule has 160 valence electrons. The van der Waals surface area contributed by atoms with Crippen LogP contribution in [0.4, 0.5) is 0 Å². The van der Waals surface area contributed by atoms with Crippen LogP contribution in [0.2, 0.25) is 10.0 Å². The zero-order valence-corrected chi connectivity index (χ0v) is 18.4. The van der Waals surface area contributed by atoms with Gasteiger partial charge in [-0.05, 0) is 42.9 Å². The number of carboxylic acid groups (broad SMARTS) is 1. The second kappa shape index (κ2) is 10.4. The molecule has 0 aliphatic rings. The molecule has 0 fully saturated rings. The molecule has 3 aromatic rings. The highest BCUT2D eigenvalue weighted by Crippen LogP contribution is 2.34. The summed E-state index contributed by atoms with van der Waals surface area (Å²) in [6, 6.07) is 13.1. The first-order valence-corrected chi connectivity index (χ1v) is 10.3. The van der Waals surface area contributed by atoms with Crippen molar-refractivity contribution < 1.29 is 19.4 Å². The predicted molar refractivity (Wildman–Crippen MR) is 123 cm³/mol. The third kappa shape index (κ3) is 6.04. The number of carboxylic acids is 1. The van der Waals surface area contributed by atoms with Gasteiger partial charge in [-0.1, -0.05) is 41.4 Å². The van der Waals surface area contributed by atoms with Gasteiger partial charge in [0.1, 0.15) is 5.75 Å². The van der Waals surface area contributed by atoms with Crippen molar-refractivity contribution in [3.8, 4) is 5.75 Å². The number of amides is 1. The highest BCUT2D eigenvalue weighted by molar-refractivity contribution is 7.80. The van der Waals surface area contributed by atoms with Crippen molar-refractivity contribution in [1.82, 2.24) is 15.6 Å². The molecule has 0 saturated heterocycles. The monoisotopic (exact) mass is 477 g/mol. The van der Waals surface area contributed by atoms with Crippen LogP contribution in [0.3, 0.4) is 0 Å². The molecule has 1 amide bonds. The standard InChI is InChI=1S/C21H17Cl2N3O4S/c22-13-9-14(23)18-15(10-13)25-16(20(28)29)11-17(18)30-8-4-7-24-21(31)26-19(27)12-5-2-1-3-6-12/h1-3,5-6,9-11H,4,7-8H2,(H,28,29)(H2,24,26,27,31). The lowest BCUT2D eigenvalue weighted by molar-refractivity contribution is 0.0690. The maximum Gasteiger partial charge on any atom is 0.354 e. The molecule has 1 aromatic heterocycles. The van der Waals surface area contributed by atoms with Crippen LogP contribution in [0, 0.1) is 0 Å². The van der Waals surface area contributed by atoms with E-state index in [1.807, 2.05) is 6.07 Å². The van der Waals surface area contributed by atoms with Crippen LogP contribution in [0.15, 0.2) is 48.5 Å². The van der Waals surface area contributed by atoms with Gasteiger partial charge in [0.05, 0.1) is 22.5 Å². The number of fused-ring (bicyclic) bond motifs is 1. The number of carbonyl (C=O) groups is 2. The van der Waals surface area contributed by atoms with Crippen LogP contribution in [0.1, 0.15) is 27.3 Å². The number of carbonyl (C=O) groups excluding carboxylic acids is 1. The van der Waals surface area contributed by atoms with Crippen molar-refractivity contribution in [2.45, 2.75) is 6.42 Å². The van der Waals surface area contributed by atoms with Crippen LogP contribution < -0.4 is 15.4 Å². The Morgan fingerprint density at radius 1 is 1.13 bits per heavy atom. The summed E-state index contributed by atoms with van der Waals surface area (Å²) in [5.74, 6) is -1.19. The fraction of sp³-hybridized carbons (Fsp3) is 0.143. The van der Waals surface area contributed by atoms with E-state index in [1.54, 1.807) is 24.3 Å². The summed E-state index contributed by atoms with van der Waals surface area (Å²) in [5, 5.41) is 16.1. The van der Waals surface area contributed by atoms with E-state index in [4.69, 9.17) is 40.2 Å². The largest absolute Gasteiger partial charge is 0.493 e. The minimum atomic E-state index is -1.19. The van der Waals surface area contributed by atoms with Gasteiger partial charge in [-0.3, -0.25) is 10.1 Å². The highest BCUT2D eigenvalue weighted by atomic mass is 35.5.